The highest BCUT2D eigenvalue weighted by molar-refractivity contribution is 5.91. The number of nitrogens with two attached hydrogens (primary N) is 1. The van der Waals surface area contributed by atoms with Gasteiger partial charge in [0.1, 0.15) is 11.9 Å². The molecule has 152 valence electrons. The van der Waals surface area contributed by atoms with Crippen LogP contribution in [0.25, 0.3) is 10.9 Å². The number of benzene rings is 2. The zero-order valence-corrected chi connectivity index (χ0v) is 15.9. The first-order valence-electron chi connectivity index (χ1n) is 9.02. The van der Waals surface area contributed by atoms with E-state index in [9.17, 15) is 8.78 Å². The summed E-state index contributed by atoms with van der Waals surface area (Å²) in [5.41, 5.74) is 7.24. The van der Waals surface area contributed by atoms with Gasteiger partial charge < -0.3 is 25.3 Å². The van der Waals surface area contributed by atoms with Crippen molar-refractivity contribution in [2.75, 3.05) is 31.9 Å². The van der Waals surface area contributed by atoms with Crippen molar-refractivity contribution in [3.63, 3.8) is 0 Å². The fourth-order valence-electron chi connectivity index (χ4n) is 3.46. The third-order valence-corrected chi connectivity index (χ3v) is 4.91. The van der Waals surface area contributed by atoms with E-state index in [1.807, 2.05) is 0 Å². The topological polar surface area (TPSA) is 91.5 Å². The predicted octanol–water partition coefficient (Wildman–Crippen LogP) is 3.45. The molecule has 1 fully saturated rings. The number of nitrogen functional groups attached to an aromatic ring is 1. The molecule has 9 heteroatoms. The number of ether oxygens (including phenoxy) is 3. The van der Waals surface area contributed by atoms with E-state index in [0.717, 1.165) is 12.1 Å². The lowest BCUT2D eigenvalue weighted by Gasteiger charge is -2.21. The van der Waals surface area contributed by atoms with Crippen LogP contribution in [0.15, 0.2) is 30.3 Å². The Labute approximate surface area is 165 Å². The average molecular weight is 402 g/mol. The molecule has 0 radical (unpaired) electrons. The maximum Gasteiger partial charge on any atom is 0.225 e. The predicted molar refractivity (Wildman–Crippen MR) is 104 cm³/mol. The summed E-state index contributed by atoms with van der Waals surface area (Å²) in [4.78, 5) is 8.84. The minimum atomic E-state index is -0.913. The standard InChI is InChI=1S/C20H20F2N4O3/c1-27-16-8-11-15(9-17(16)28-2)25-20(26-19(11)23)24-14-5-6-29-18(14)10-3-4-12(21)13(22)7-10/h3-4,7-9,14,18H,5-6H2,1-2H3,(H3,23,24,25,26). The minimum Gasteiger partial charge on any atom is -0.493 e. The Bertz CT molecular complexity index is 1060. The molecule has 1 aliphatic rings. The Morgan fingerprint density at radius 1 is 1.07 bits per heavy atom. The molecule has 29 heavy (non-hydrogen) atoms. The molecule has 2 aromatic carbocycles. The SMILES string of the molecule is COc1cc2nc(NC3CCOC3c3ccc(F)c(F)c3)nc(N)c2cc1OC. The quantitative estimate of drug-likeness (QED) is 0.675. The van der Waals surface area contributed by atoms with Gasteiger partial charge in [0.2, 0.25) is 5.95 Å². The van der Waals surface area contributed by atoms with Gasteiger partial charge in [-0.15, -0.1) is 0 Å². The molecule has 2 heterocycles. The van der Waals surface area contributed by atoms with E-state index in [0.29, 0.717) is 46.9 Å². The third kappa shape index (κ3) is 3.61. The molecule has 2 unspecified atom stereocenters. The molecule has 0 spiro atoms. The van der Waals surface area contributed by atoms with E-state index >= 15 is 0 Å². The van der Waals surface area contributed by atoms with Gasteiger partial charge in [0.15, 0.2) is 23.1 Å². The molecule has 1 aromatic heterocycles. The number of rotatable bonds is 5. The fraction of sp³-hybridized carbons (Fsp3) is 0.300. The minimum absolute atomic E-state index is 0.225. The van der Waals surface area contributed by atoms with Gasteiger partial charge in [0, 0.05) is 18.1 Å². The number of anilines is 2. The summed E-state index contributed by atoms with van der Waals surface area (Å²) >= 11 is 0. The Balaban J connectivity index is 1.65. The van der Waals surface area contributed by atoms with Crippen molar-refractivity contribution < 1.29 is 23.0 Å². The number of hydrogen-bond acceptors (Lipinski definition) is 7. The van der Waals surface area contributed by atoms with Gasteiger partial charge in [-0.25, -0.2) is 13.8 Å². The average Bonchev–Trinajstić information content (AvgIpc) is 3.17. The van der Waals surface area contributed by atoms with Gasteiger partial charge in [-0.3, -0.25) is 0 Å². The lowest BCUT2D eigenvalue weighted by molar-refractivity contribution is 0.107. The van der Waals surface area contributed by atoms with Crippen LogP contribution in [-0.4, -0.2) is 36.8 Å². The number of nitrogens with one attached hydrogen (secondary N) is 1. The second-order valence-corrected chi connectivity index (χ2v) is 6.66. The van der Waals surface area contributed by atoms with Crippen LogP contribution in [0.5, 0.6) is 11.5 Å². The number of methoxy groups -OCH3 is 2. The highest BCUT2D eigenvalue weighted by Gasteiger charge is 2.31. The Morgan fingerprint density at radius 3 is 2.55 bits per heavy atom. The van der Waals surface area contributed by atoms with Gasteiger partial charge in [-0.1, -0.05) is 6.07 Å². The Morgan fingerprint density at radius 2 is 1.83 bits per heavy atom. The largest absolute Gasteiger partial charge is 0.493 e. The van der Waals surface area contributed by atoms with Crippen molar-refractivity contribution in [3.8, 4) is 11.5 Å². The van der Waals surface area contributed by atoms with Crippen molar-refractivity contribution in [1.82, 2.24) is 9.97 Å². The highest BCUT2D eigenvalue weighted by atomic mass is 19.2. The molecule has 4 rings (SSSR count). The Hall–Kier alpha value is -3.20. The molecular weight excluding hydrogens is 382 g/mol. The van der Waals surface area contributed by atoms with Crippen LogP contribution >= 0.6 is 0 Å². The van der Waals surface area contributed by atoms with Crippen LogP contribution in [0, 0.1) is 11.6 Å². The summed E-state index contributed by atoms with van der Waals surface area (Å²) in [6.07, 6.45) is 0.188. The summed E-state index contributed by atoms with van der Waals surface area (Å²) in [6, 6.07) is 6.96. The zero-order valence-electron chi connectivity index (χ0n) is 15.9. The smallest absolute Gasteiger partial charge is 0.225 e. The second-order valence-electron chi connectivity index (χ2n) is 6.66. The molecule has 0 bridgehead atoms. The Kier molecular flexibility index (Phi) is 5.06. The summed E-state index contributed by atoms with van der Waals surface area (Å²) in [5.74, 6) is -0.172. The molecule has 0 aliphatic carbocycles. The summed E-state index contributed by atoms with van der Waals surface area (Å²) < 4.78 is 43.2. The zero-order chi connectivity index (χ0) is 20.5. The molecule has 0 amide bonds. The summed E-state index contributed by atoms with van der Waals surface area (Å²) in [6.45, 7) is 0.468. The third-order valence-electron chi connectivity index (χ3n) is 4.91. The maximum absolute atomic E-state index is 13.6. The monoisotopic (exact) mass is 402 g/mol. The van der Waals surface area contributed by atoms with Gasteiger partial charge in [-0.05, 0) is 30.2 Å². The molecule has 3 N–H and O–H groups in total. The van der Waals surface area contributed by atoms with Crippen LogP contribution < -0.4 is 20.5 Å². The normalized spacial score (nSPS) is 18.8. The van der Waals surface area contributed by atoms with Crippen LogP contribution in [0.4, 0.5) is 20.5 Å². The molecule has 1 saturated heterocycles. The molecule has 3 aromatic rings. The first kappa shape index (κ1) is 19.1. The van der Waals surface area contributed by atoms with Crippen molar-refractivity contribution in [2.24, 2.45) is 0 Å². The van der Waals surface area contributed by atoms with E-state index in [1.54, 1.807) is 12.1 Å². The summed E-state index contributed by atoms with van der Waals surface area (Å²) in [7, 11) is 3.07. The van der Waals surface area contributed by atoms with Gasteiger partial charge in [0.25, 0.3) is 0 Å². The number of hydrogen-bond donors (Lipinski definition) is 2. The van der Waals surface area contributed by atoms with Crippen molar-refractivity contribution in [1.29, 1.82) is 0 Å². The number of aromatic nitrogens is 2. The van der Waals surface area contributed by atoms with E-state index < -0.39 is 17.7 Å². The molecule has 7 nitrogen and oxygen atoms in total. The number of nitrogens with zero attached hydrogens (tertiary/aromatic N) is 2. The second kappa shape index (κ2) is 7.67. The maximum atomic E-state index is 13.6. The highest BCUT2D eigenvalue weighted by Crippen LogP contribution is 2.35. The first-order chi connectivity index (χ1) is 14.0. The van der Waals surface area contributed by atoms with Crippen molar-refractivity contribution in [3.05, 3.63) is 47.5 Å². The fourth-order valence-corrected chi connectivity index (χ4v) is 3.46. The molecule has 0 saturated carbocycles. The van der Waals surface area contributed by atoms with Gasteiger partial charge >= 0.3 is 0 Å². The number of fused-ring (bicyclic) bond motifs is 1. The first-order valence-corrected chi connectivity index (χ1v) is 9.02. The van der Waals surface area contributed by atoms with Crippen molar-refractivity contribution >= 4 is 22.7 Å². The number of halogens is 2. The molecular formula is C20H20F2N4O3. The lowest BCUT2D eigenvalue weighted by Crippen LogP contribution is -2.24. The van der Waals surface area contributed by atoms with E-state index in [2.05, 4.69) is 15.3 Å². The van der Waals surface area contributed by atoms with Gasteiger partial charge in [-0.2, -0.15) is 4.98 Å². The van der Waals surface area contributed by atoms with E-state index in [1.165, 1.54) is 20.3 Å². The van der Waals surface area contributed by atoms with Crippen LogP contribution in [-0.2, 0) is 4.74 Å². The van der Waals surface area contributed by atoms with E-state index in [4.69, 9.17) is 19.9 Å². The van der Waals surface area contributed by atoms with Gasteiger partial charge in [0.05, 0.1) is 25.8 Å². The van der Waals surface area contributed by atoms with E-state index in [-0.39, 0.29) is 11.9 Å². The lowest BCUT2D eigenvalue weighted by atomic mass is 10.0. The van der Waals surface area contributed by atoms with Crippen molar-refractivity contribution in [2.45, 2.75) is 18.6 Å². The summed E-state index contributed by atoms with van der Waals surface area (Å²) in [5, 5.41) is 3.84. The van der Waals surface area contributed by atoms with Crippen LogP contribution in [0.1, 0.15) is 18.1 Å². The molecule has 2 atom stereocenters. The van der Waals surface area contributed by atoms with Crippen LogP contribution in [0.3, 0.4) is 0 Å². The van der Waals surface area contributed by atoms with Crippen LogP contribution in [0.2, 0.25) is 0 Å². The molecule has 1 aliphatic heterocycles.